The molecule has 0 fully saturated rings. The van der Waals surface area contributed by atoms with Crippen LogP contribution in [0.3, 0.4) is 0 Å². The second-order valence-electron chi connectivity index (χ2n) is 7.39. The molecule has 3 aromatic rings. The number of hydrogen-bond acceptors (Lipinski definition) is 5. The molecular weight excluding hydrogens is 386 g/mol. The van der Waals surface area contributed by atoms with Gasteiger partial charge in [-0.2, -0.15) is 0 Å². The zero-order valence-corrected chi connectivity index (χ0v) is 18.4. The maximum atomic E-state index is 5.91. The molecule has 160 valence electrons. The van der Waals surface area contributed by atoms with E-state index in [0.29, 0.717) is 6.61 Å². The lowest BCUT2D eigenvalue weighted by molar-refractivity contribution is 0.339. The van der Waals surface area contributed by atoms with Gasteiger partial charge in [0.1, 0.15) is 18.1 Å². The fraction of sp³-hybridized carbons (Fsp3) is 0.269. The molecule has 0 radical (unpaired) electrons. The number of aryl methyl sites for hydroxylation is 1. The summed E-state index contributed by atoms with van der Waals surface area (Å²) in [6, 6.07) is 25.3. The highest BCUT2D eigenvalue weighted by Crippen LogP contribution is 2.32. The molecule has 3 aromatic carbocycles. The van der Waals surface area contributed by atoms with Gasteiger partial charge < -0.3 is 14.4 Å². The lowest BCUT2D eigenvalue weighted by Gasteiger charge is -2.26. The van der Waals surface area contributed by atoms with Crippen LogP contribution in [0.4, 0.5) is 17.1 Å². The summed E-state index contributed by atoms with van der Waals surface area (Å²) < 4.78 is 11.6. The summed E-state index contributed by atoms with van der Waals surface area (Å²) in [5.41, 5.74) is 4.68. The van der Waals surface area contributed by atoms with Gasteiger partial charge >= 0.3 is 0 Å². The molecule has 1 aliphatic rings. The first-order valence-electron chi connectivity index (χ1n) is 10.8. The summed E-state index contributed by atoms with van der Waals surface area (Å²) in [6.45, 7) is 6.53. The van der Waals surface area contributed by atoms with E-state index in [0.717, 1.165) is 54.1 Å². The SMILES string of the molecule is CCc1cc(N(C)c2ccc(Oc3ccccc3)cc2)ccc1N(CC)C1=NCCO1. The van der Waals surface area contributed by atoms with Crippen molar-refractivity contribution in [3.05, 3.63) is 78.4 Å². The number of amidine groups is 1. The van der Waals surface area contributed by atoms with Gasteiger partial charge in [-0.1, -0.05) is 25.1 Å². The van der Waals surface area contributed by atoms with Crippen LogP contribution in [0.15, 0.2) is 77.8 Å². The summed E-state index contributed by atoms with van der Waals surface area (Å²) in [7, 11) is 2.09. The Morgan fingerprint density at radius 1 is 0.903 bits per heavy atom. The predicted octanol–water partition coefficient (Wildman–Crippen LogP) is 6.02. The fourth-order valence-electron chi connectivity index (χ4n) is 3.73. The zero-order chi connectivity index (χ0) is 21.6. The van der Waals surface area contributed by atoms with E-state index >= 15 is 0 Å². The second kappa shape index (κ2) is 9.56. The molecule has 0 aliphatic carbocycles. The second-order valence-corrected chi connectivity index (χ2v) is 7.39. The maximum Gasteiger partial charge on any atom is 0.292 e. The Kier molecular flexibility index (Phi) is 6.41. The van der Waals surface area contributed by atoms with Gasteiger partial charge in [-0.25, -0.2) is 4.99 Å². The largest absolute Gasteiger partial charge is 0.463 e. The lowest BCUT2D eigenvalue weighted by atomic mass is 10.1. The molecule has 0 aromatic heterocycles. The van der Waals surface area contributed by atoms with Gasteiger partial charge in [0.25, 0.3) is 6.02 Å². The topological polar surface area (TPSA) is 37.3 Å². The number of hydrogen-bond donors (Lipinski definition) is 0. The van der Waals surface area contributed by atoms with Gasteiger partial charge in [0.05, 0.1) is 6.54 Å². The minimum atomic E-state index is 0.665. The van der Waals surface area contributed by atoms with Crippen molar-refractivity contribution in [3.63, 3.8) is 0 Å². The van der Waals surface area contributed by atoms with E-state index in [1.165, 1.54) is 5.56 Å². The number of anilines is 3. The van der Waals surface area contributed by atoms with E-state index in [1.807, 2.05) is 42.5 Å². The first-order chi connectivity index (χ1) is 15.2. The number of para-hydroxylation sites is 1. The van der Waals surface area contributed by atoms with E-state index in [9.17, 15) is 0 Å². The van der Waals surface area contributed by atoms with E-state index in [1.54, 1.807) is 0 Å². The average Bonchev–Trinajstić information content (AvgIpc) is 3.35. The molecule has 0 unspecified atom stereocenters. The number of aliphatic imine (C=N–C) groups is 1. The van der Waals surface area contributed by atoms with Gasteiger partial charge in [-0.05, 0) is 73.5 Å². The molecule has 0 bridgehead atoms. The monoisotopic (exact) mass is 415 g/mol. The molecular formula is C26H29N3O2. The van der Waals surface area contributed by atoms with Gasteiger partial charge in [-0.15, -0.1) is 0 Å². The van der Waals surface area contributed by atoms with E-state index < -0.39 is 0 Å². The molecule has 0 atom stereocenters. The highest BCUT2D eigenvalue weighted by Gasteiger charge is 2.20. The van der Waals surface area contributed by atoms with E-state index in [4.69, 9.17) is 9.47 Å². The van der Waals surface area contributed by atoms with Crippen LogP contribution in [0.1, 0.15) is 19.4 Å². The third-order valence-corrected chi connectivity index (χ3v) is 5.44. The summed E-state index contributed by atoms with van der Waals surface area (Å²) >= 11 is 0. The summed E-state index contributed by atoms with van der Waals surface area (Å²) in [5, 5.41) is 0. The van der Waals surface area contributed by atoms with Crippen LogP contribution in [0.25, 0.3) is 0 Å². The quantitative estimate of drug-likeness (QED) is 0.473. The van der Waals surface area contributed by atoms with Crippen molar-refractivity contribution in [1.82, 2.24) is 0 Å². The van der Waals surface area contributed by atoms with Crippen LogP contribution in [-0.2, 0) is 11.2 Å². The van der Waals surface area contributed by atoms with Crippen molar-refractivity contribution >= 4 is 23.1 Å². The van der Waals surface area contributed by atoms with Crippen LogP contribution >= 0.6 is 0 Å². The molecule has 5 nitrogen and oxygen atoms in total. The highest BCUT2D eigenvalue weighted by molar-refractivity contribution is 5.93. The van der Waals surface area contributed by atoms with Crippen molar-refractivity contribution in [2.45, 2.75) is 20.3 Å². The number of nitrogens with zero attached hydrogens (tertiary/aromatic N) is 3. The van der Waals surface area contributed by atoms with Gasteiger partial charge in [0.15, 0.2) is 0 Å². The number of ether oxygens (including phenoxy) is 2. The number of rotatable bonds is 7. The van der Waals surface area contributed by atoms with Crippen LogP contribution in [0.5, 0.6) is 11.5 Å². The molecule has 1 heterocycles. The smallest absolute Gasteiger partial charge is 0.292 e. The molecule has 0 spiro atoms. The Labute approximate surface area is 184 Å². The van der Waals surface area contributed by atoms with Gasteiger partial charge in [0, 0.05) is 30.7 Å². The van der Waals surface area contributed by atoms with Crippen LogP contribution in [0, 0.1) is 0 Å². The molecule has 4 rings (SSSR count). The predicted molar refractivity (Wildman–Crippen MR) is 128 cm³/mol. The molecule has 0 N–H and O–H groups in total. The van der Waals surface area contributed by atoms with Crippen molar-refractivity contribution in [1.29, 1.82) is 0 Å². The maximum absolute atomic E-state index is 5.91. The fourth-order valence-corrected chi connectivity index (χ4v) is 3.73. The normalized spacial score (nSPS) is 12.8. The molecule has 0 saturated heterocycles. The minimum absolute atomic E-state index is 0.665. The van der Waals surface area contributed by atoms with E-state index in [2.05, 4.69) is 66.0 Å². The zero-order valence-electron chi connectivity index (χ0n) is 18.4. The summed E-state index contributed by atoms with van der Waals surface area (Å²) in [5.74, 6) is 1.66. The molecule has 5 heteroatoms. The van der Waals surface area contributed by atoms with Crippen LogP contribution in [0.2, 0.25) is 0 Å². The molecule has 31 heavy (non-hydrogen) atoms. The Balaban J connectivity index is 1.53. The Morgan fingerprint density at radius 3 is 2.26 bits per heavy atom. The molecule has 0 saturated carbocycles. The summed E-state index contributed by atoms with van der Waals surface area (Å²) in [6.07, 6.45) is 0.935. The third-order valence-electron chi connectivity index (χ3n) is 5.44. The van der Waals surface area contributed by atoms with Gasteiger partial charge in [0.2, 0.25) is 0 Å². The Morgan fingerprint density at radius 2 is 1.61 bits per heavy atom. The third kappa shape index (κ3) is 4.66. The first kappa shape index (κ1) is 20.8. The van der Waals surface area contributed by atoms with Crippen LogP contribution in [-0.4, -0.2) is 32.8 Å². The molecule has 0 amide bonds. The van der Waals surface area contributed by atoms with Crippen molar-refractivity contribution in [2.24, 2.45) is 4.99 Å². The van der Waals surface area contributed by atoms with Crippen molar-refractivity contribution < 1.29 is 9.47 Å². The molecule has 1 aliphatic heterocycles. The van der Waals surface area contributed by atoms with Gasteiger partial charge in [-0.3, -0.25) is 4.90 Å². The minimum Gasteiger partial charge on any atom is -0.463 e. The van der Waals surface area contributed by atoms with Crippen LogP contribution < -0.4 is 14.5 Å². The lowest BCUT2D eigenvalue weighted by Crippen LogP contribution is -2.31. The van der Waals surface area contributed by atoms with Crippen molar-refractivity contribution in [3.8, 4) is 11.5 Å². The Hall–Kier alpha value is -3.47. The number of benzene rings is 3. The highest BCUT2D eigenvalue weighted by atomic mass is 16.5. The first-order valence-corrected chi connectivity index (χ1v) is 10.8. The summed E-state index contributed by atoms with van der Waals surface area (Å²) in [4.78, 5) is 8.85. The standard InChI is InChI=1S/C26H29N3O2/c1-4-20-19-22(13-16-25(20)29(5-2)26-27-17-18-30-26)28(3)21-11-14-24(15-12-21)31-23-9-7-6-8-10-23/h6-16,19H,4-5,17-18H2,1-3H3. The van der Waals surface area contributed by atoms with Crippen molar-refractivity contribution in [2.75, 3.05) is 36.5 Å². The Bertz CT molecular complexity index is 1030. The average molecular weight is 416 g/mol. The van der Waals surface area contributed by atoms with E-state index in [-0.39, 0.29) is 0 Å².